The van der Waals surface area contributed by atoms with Gasteiger partial charge in [0.2, 0.25) is 0 Å². The van der Waals surface area contributed by atoms with E-state index in [0.717, 1.165) is 31.7 Å². The van der Waals surface area contributed by atoms with Gasteiger partial charge in [0.25, 0.3) is 0 Å². The molecule has 5 N–H and O–H groups in total. The van der Waals surface area contributed by atoms with Crippen molar-refractivity contribution in [3.8, 4) is 17.3 Å². The number of rotatable bonds is 3. The quantitative estimate of drug-likeness (QED) is 0.633. The average molecular weight is 363 g/mol. The summed E-state index contributed by atoms with van der Waals surface area (Å²) in [4.78, 5) is 15.4. The molecule has 9 heteroatoms. The summed E-state index contributed by atoms with van der Waals surface area (Å²) in [5.41, 5.74) is 14.6. The van der Waals surface area contributed by atoms with Crippen LogP contribution < -0.4 is 16.4 Å². The van der Waals surface area contributed by atoms with Crippen molar-refractivity contribution in [2.45, 2.75) is 19.8 Å². The number of aromatic nitrogens is 5. The molecule has 0 amide bonds. The van der Waals surface area contributed by atoms with E-state index in [4.69, 9.17) is 11.5 Å². The standard InChI is InChI=1S/C18H21N9/c1-18(10-20)2-4-27(5-3-18)14-9-23-16-15(25-26-17(16)24-14)12-6-13(21)22-8-11(12)7-19/h6,8-9H,2-5,10,20H2,1H3,(H2,21,22)(H,24,25,26). The van der Waals surface area contributed by atoms with Gasteiger partial charge in [-0.3, -0.25) is 5.10 Å². The van der Waals surface area contributed by atoms with Gasteiger partial charge in [-0.2, -0.15) is 10.4 Å². The summed E-state index contributed by atoms with van der Waals surface area (Å²) in [5.74, 6) is 1.13. The molecule has 4 heterocycles. The Bertz CT molecular complexity index is 1020. The summed E-state index contributed by atoms with van der Waals surface area (Å²) in [6.45, 7) is 4.72. The van der Waals surface area contributed by atoms with Crippen LogP contribution in [0.3, 0.4) is 0 Å². The van der Waals surface area contributed by atoms with Gasteiger partial charge in [-0.25, -0.2) is 15.0 Å². The molecule has 1 aliphatic rings. The molecule has 1 saturated heterocycles. The second kappa shape index (κ2) is 6.48. The molecule has 0 unspecified atom stereocenters. The average Bonchev–Trinajstić information content (AvgIpc) is 3.11. The summed E-state index contributed by atoms with van der Waals surface area (Å²) in [7, 11) is 0. The van der Waals surface area contributed by atoms with Crippen LogP contribution in [-0.4, -0.2) is 44.8 Å². The number of nitrogens with one attached hydrogen (secondary N) is 1. The van der Waals surface area contributed by atoms with Crippen molar-refractivity contribution in [3.63, 3.8) is 0 Å². The predicted octanol–water partition coefficient (Wildman–Crippen LogP) is 1.43. The van der Waals surface area contributed by atoms with Gasteiger partial charge in [0.15, 0.2) is 5.65 Å². The highest BCUT2D eigenvalue weighted by Gasteiger charge is 2.29. The molecule has 0 atom stereocenters. The lowest BCUT2D eigenvalue weighted by atomic mass is 9.80. The number of nitrogens with zero attached hydrogens (tertiary/aromatic N) is 6. The van der Waals surface area contributed by atoms with E-state index < -0.39 is 0 Å². The zero-order valence-electron chi connectivity index (χ0n) is 15.1. The number of hydrogen-bond acceptors (Lipinski definition) is 8. The number of nitriles is 1. The molecule has 3 aromatic heterocycles. The highest BCUT2D eigenvalue weighted by atomic mass is 15.2. The fraction of sp³-hybridized carbons (Fsp3) is 0.389. The third-order valence-electron chi connectivity index (χ3n) is 5.35. The van der Waals surface area contributed by atoms with E-state index in [0.29, 0.717) is 40.3 Å². The Kier molecular flexibility index (Phi) is 4.12. The molecule has 0 spiro atoms. The summed E-state index contributed by atoms with van der Waals surface area (Å²) in [6.07, 6.45) is 5.25. The number of aromatic amines is 1. The van der Waals surface area contributed by atoms with Crippen LogP contribution in [0.25, 0.3) is 22.4 Å². The van der Waals surface area contributed by atoms with E-state index in [1.165, 1.54) is 6.20 Å². The van der Waals surface area contributed by atoms with Crippen LogP contribution in [0.15, 0.2) is 18.5 Å². The van der Waals surface area contributed by atoms with Gasteiger partial charge in [-0.05, 0) is 30.9 Å². The number of piperidine rings is 1. The van der Waals surface area contributed by atoms with Crippen LogP contribution in [0.4, 0.5) is 11.6 Å². The molecule has 0 aromatic carbocycles. The Morgan fingerprint density at radius 3 is 2.78 bits per heavy atom. The van der Waals surface area contributed by atoms with Crippen molar-refractivity contribution >= 4 is 22.8 Å². The summed E-state index contributed by atoms with van der Waals surface area (Å²) in [5, 5.41) is 16.6. The van der Waals surface area contributed by atoms with Gasteiger partial charge in [-0.1, -0.05) is 6.92 Å². The highest BCUT2D eigenvalue weighted by molar-refractivity contribution is 5.90. The zero-order chi connectivity index (χ0) is 19.0. The van der Waals surface area contributed by atoms with Crippen LogP contribution in [0.2, 0.25) is 0 Å². The number of anilines is 2. The van der Waals surface area contributed by atoms with Gasteiger partial charge in [-0.15, -0.1) is 0 Å². The van der Waals surface area contributed by atoms with E-state index in [1.54, 1.807) is 12.3 Å². The SMILES string of the molecule is CC1(CN)CCN(c2cnc3c(-c4cc(N)ncc4C#N)n[nH]c3n2)CC1. The van der Waals surface area contributed by atoms with E-state index in [9.17, 15) is 5.26 Å². The summed E-state index contributed by atoms with van der Waals surface area (Å²) in [6, 6.07) is 3.74. The fourth-order valence-corrected chi connectivity index (χ4v) is 3.37. The van der Waals surface area contributed by atoms with E-state index in [1.807, 2.05) is 0 Å². The molecule has 0 saturated carbocycles. The molecule has 0 radical (unpaired) electrons. The normalized spacial score (nSPS) is 16.4. The summed E-state index contributed by atoms with van der Waals surface area (Å²) >= 11 is 0. The monoisotopic (exact) mass is 363 g/mol. The lowest BCUT2D eigenvalue weighted by molar-refractivity contribution is 0.258. The first kappa shape index (κ1) is 17.2. The second-order valence-electron chi connectivity index (χ2n) is 7.27. The predicted molar refractivity (Wildman–Crippen MR) is 103 cm³/mol. The van der Waals surface area contributed by atoms with Crippen molar-refractivity contribution in [3.05, 3.63) is 24.0 Å². The minimum absolute atomic E-state index is 0.199. The molecule has 4 rings (SSSR count). The maximum atomic E-state index is 9.34. The van der Waals surface area contributed by atoms with Gasteiger partial charge in [0.1, 0.15) is 28.9 Å². The molecule has 9 nitrogen and oxygen atoms in total. The van der Waals surface area contributed by atoms with Gasteiger partial charge >= 0.3 is 0 Å². The maximum Gasteiger partial charge on any atom is 0.177 e. The first-order valence-electron chi connectivity index (χ1n) is 8.85. The van der Waals surface area contributed by atoms with Crippen LogP contribution in [0.5, 0.6) is 0 Å². The largest absolute Gasteiger partial charge is 0.384 e. The molecule has 138 valence electrons. The third kappa shape index (κ3) is 3.04. The first-order valence-corrected chi connectivity index (χ1v) is 8.85. The summed E-state index contributed by atoms with van der Waals surface area (Å²) < 4.78 is 0. The van der Waals surface area contributed by atoms with Crippen molar-refractivity contribution in [1.82, 2.24) is 25.1 Å². The first-order chi connectivity index (χ1) is 13.0. The smallest absolute Gasteiger partial charge is 0.177 e. The topological polar surface area (TPSA) is 146 Å². The Hall–Kier alpha value is -3.25. The lowest BCUT2D eigenvalue weighted by Gasteiger charge is -2.39. The van der Waals surface area contributed by atoms with Gasteiger partial charge < -0.3 is 16.4 Å². The maximum absolute atomic E-state index is 9.34. The molecule has 1 aliphatic heterocycles. The Morgan fingerprint density at radius 1 is 1.30 bits per heavy atom. The van der Waals surface area contributed by atoms with E-state index in [-0.39, 0.29) is 5.41 Å². The van der Waals surface area contributed by atoms with Crippen LogP contribution in [0, 0.1) is 16.7 Å². The Morgan fingerprint density at radius 2 is 2.07 bits per heavy atom. The van der Waals surface area contributed by atoms with Gasteiger partial charge in [0, 0.05) is 24.8 Å². The van der Waals surface area contributed by atoms with E-state index in [2.05, 4.69) is 43.0 Å². The molecular weight excluding hydrogens is 342 g/mol. The lowest BCUT2D eigenvalue weighted by Crippen LogP contribution is -2.42. The number of fused-ring (bicyclic) bond motifs is 1. The fourth-order valence-electron chi connectivity index (χ4n) is 3.37. The third-order valence-corrected chi connectivity index (χ3v) is 5.35. The highest BCUT2D eigenvalue weighted by Crippen LogP contribution is 2.32. The Balaban J connectivity index is 1.67. The molecular formula is C18H21N9. The molecule has 0 bridgehead atoms. The minimum atomic E-state index is 0.199. The number of nitrogen functional groups attached to an aromatic ring is 1. The van der Waals surface area contributed by atoms with Gasteiger partial charge in [0.05, 0.1) is 11.8 Å². The number of nitrogens with two attached hydrogens (primary N) is 2. The van der Waals surface area contributed by atoms with Crippen LogP contribution in [-0.2, 0) is 0 Å². The second-order valence-corrected chi connectivity index (χ2v) is 7.27. The number of H-pyrrole nitrogens is 1. The van der Waals surface area contributed by atoms with Crippen molar-refractivity contribution in [2.75, 3.05) is 30.3 Å². The van der Waals surface area contributed by atoms with Crippen molar-refractivity contribution < 1.29 is 0 Å². The van der Waals surface area contributed by atoms with Crippen molar-refractivity contribution in [1.29, 1.82) is 5.26 Å². The minimum Gasteiger partial charge on any atom is -0.384 e. The zero-order valence-corrected chi connectivity index (χ0v) is 15.1. The number of pyridine rings is 1. The van der Waals surface area contributed by atoms with Crippen LogP contribution in [0.1, 0.15) is 25.3 Å². The molecule has 1 fully saturated rings. The molecule has 27 heavy (non-hydrogen) atoms. The van der Waals surface area contributed by atoms with Crippen molar-refractivity contribution in [2.24, 2.45) is 11.1 Å². The van der Waals surface area contributed by atoms with Crippen LogP contribution >= 0.6 is 0 Å². The molecule has 0 aliphatic carbocycles. The molecule has 3 aromatic rings. The van der Waals surface area contributed by atoms with E-state index >= 15 is 0 Å². The Labute approximate surface area is 156 Å². The number of hydrogen-bond donors (Lipinski definition) is 3.